The van der Waals surface area contributed by atoms with Crippen molar-refractivity contribution in [3.8, 4) is 5.75 Å². The summed E-state index contributed by atoms with van der Waals surface area (Å²) in [6, 6.07) is 25.3. The number of nitrogens with one attached hydrogen (secondary N) is 1. The standard InChI is InChI=1S/C26H19N3O2/c30-26(29-16-22-15-28-25-24(22)7-4-12-27-25)21-9-8-20-14-23(11-10-19(20)13-21)31-17-18-5-2-1-3-6-18/h1-16H,17H2,(H,27,28). The van der Waals surface area contributed by atoms with Crippen LogP contribution in [0, 0.1) is 0 Å². The summed E-state index contributed by atoms with van der Waals surface area (Å²) in [5.74, 6) is 0.506. The lowest BCUT2D eigenvalue weighted by Crippen LogP contribution is -1.97. The molecule has 0 aliphatic rings. The van der Waals surface area contributed by atoms with Crippen LogP contribution in [0.4, 0.5) is 0 Å². The van der Waals surface area contributed by atoms with E-state index in [1.54, 1.807) is 24.7 Å². The lowest BCUT2D eigenvalue weighted by Gasteiger charge is -2.08. The first-order valence-corrected chi connectivity index (χ1v) is 9.97. The summed E-state index contributed by atoms with van der Waals surface area (Å²) in [7, 11) is 0. The third-order valence-corrected chi connectivity index (χ3v) is 5.11. The molecule has 0 aliphatic heterocycles. The number of hydrogen-bond donors (Lipinski definition) is 1. The number of carbonyl (C=O) groups excluding carboxylic acids is 1. The van der Waals surface area contributed by atoms with Gasteiger partial charge in [-0.1, -0.05) is 42.5 Å². The van der Waals surface area contributed by atoms with Crippen molar-refractivity contribution >= 4 is 33.9 Å². The van der Waals surface area contributed by atoms with E-state index in [1.807, 2.05) is 72.8 Å². The predicted molar refractivity (Wildman–Crippen MR) is 123 cm³/mol. The third kappa shape index (κ3) is 4.07. The lowest BCUT2D eigenvalue weighted by atomic mass is 10.1. The van der Waals surface area contributed by atoms with Gasteiger partial charge in [-0.2, -0.15) is 0 Å². The fraction of sp³-hybridized carbons (Fsp3) is 0.0385. The molecule has 0 saturated carbocycles. The number of ether oxygens (including phenoxy) is 1. The van der Waals surface area contributed by atoms with Gasteiger partial charge in [0.25, 0.3) is 5.91 Å². The van der Waals surface area contributed by atoms with E-state index >= 15 is 0 Å². The number of benzene rings is 3. The smallest absolute Gasteiger partial charge is 0.276 e. The first-order valence-electron chi connectivity index (χ1n) is 9.97. The maximum atomic E-state index is 12.6. The van der Waals surface area contributed by atoms with Crippen molar-refractivity contribution in [2.24, 2.45) is 4.99 Å². The molecule has 0 radical (unpaired) electrons. The average Bonchev–Trinajstić information content (AvgIpc) is 3.24. The molecule has 2 aromatic heterocycles. The Kier molecular flexibility index (Phi) is 4.99. The number of aliphatic imine (C=N–C) groups is 1. The van der Waals surface area contributed by atoms with Crippen LogP contribution < -0.4 is 4.74 Å². The van der Waals surface area contributed by atoms with Crippen LogP contribution in [-0.2, 0) is 6.61 Å². The number of pyridine rings is 1. The molecule has 0 fully saturated rings. The van der Waals surface area contributed by atoms with Crippen molar-refractivity contribution in [1.82, 2.24) is 9.97 Å². The number of aromatic amines is 1. The largest absolute Gasteiger partial charge is 0.489 e. The number of fused-ring (bicyclic) bond motifs is 2. The van der Waals surface area contributed by atoms with E-state index in [4.69, 9.17) is 4.74 Å². The first-order chi connectivity index (χ1) is 15.3. The Labute approximate surface area is 179 Å². The van der Waals surface area contributed by atoms with Gasteiger partial charge in [0.15, 0.2) is 0 Å². The highest BCUT2D eigenvalue weighted by Crippen LogP contribution is 2.23. The van der Waals surface area contributed by atoms with Gasteiger partial charge in [-0.3, -0.25) is 4.79 Å². The summed E-state index contributed by atoms with van der Waals surface area (Å²) in [5, 5.41) is 2.90. The Bertz CT molecular complexity index is 1400. The molecule has 0 bridgehead atoms. The highest BCUT2D eigenvalue weighted by Gasteiger charge is 2.07. The second-order valence-electron chi connectivity index (χ2n) is 7.20. The molecule has 1 amide bonds. The van der Waals surface area contributed by atoms with Gasteiger partial charge >= 0.3 is 0 Å². The van der Waals surface area contributed by atoms with Crippen LogP contribution in [0.25, 0.3) is 21.8 Å². The van der Waals surface area contributed by atoms with Gasteiger partial charge in [0, 0.05) is 35.1 Å². The topological polar surface area (TPSA) is 67.3 Å². The minimum absolute atomic E-state index is 0.287. The van der Waals surface area contributed by atoms with Crippen molar-refractivity contribution < 1.29 is 9.53 Å². The van der Waals surface area contributed by atoms with E-state index in [2.05, 4.69) is 15.0 Å². The van der Waals surface area contributed by atoms with Crippen LogP contribution in [0.3, 0.4) is 0 Å². The number of rotatable bonds is 5. The monoisotopic (exact) mass is 405 g/mol. The number of aromatic nitrogens is 2. The zero-order valence-corrected chi connectivity index (χ0v) is 16.7. The van der Waals surface area contributed by atoms with E-state index in [1.165, 1.54) is 0 Å². The highest BCUT2D eigenvalue weighted by atomic mass is 16.5. The lowest BCUT2D eigenvalue weighted by molar-refractivity contribution is 0.100. The molecule has 31 heavy (non-hydrogen) atoms. The number of H-pyrrole nitrogens is 1. The number of amides is 1. The number of hydrogen-bond acceptors (Lipinski definition) is 3. The molecule has 5 nitrogen and oxygen atoms in total. The molecule has 5 heteroatoms. The summed E-state index contributed by atoms with van der Waals surface area (Å²) in [6.45, 7) is 0.515. The fourth-order valence-electron chi connectivity index (χ4n) is 3.47. The number of nitrogens with zero attached hydrogens (tertiary/aromatic N) is 2. The maximum Gasteiger partial charge on any atom is 0.276 e. The molecule has 2 heterocycles. The minimum atomic E-state index is -0.287. The Hall–Kier alpha value is -4.25. The van der Waals surface area contributed by atoms with Crippen LogP contribution in [0.2, 0.25) is 0 Å². The van der Waals surface area contributed by atoms with E-state index in [0.29, 0.717) is 12.2 Å². The van der Waals surface area contributed by atoms with E-state index < -0.39 is 0 Å². The summed E-state index contributed by atoms with van der Waals surface area (Å²) in [4.78, 5) is 24.1. The van der Waals surface area contributed by atoms with Gasteiger partial charge in [-0.05, 0) is 52.7 Å². The molecule has 0 spiro atoms. The normalized spacial score (nSPS) is 11.4. The van der Waals surface area contributed by atoms with Gasteiger partial charge in [0.1, 0.15) is 18.0 Å². The molecule has 0 saturated heterocycles. The molecule has 5 rings (SSSR count). The van der Waals surface area contributed by atoms with E-state index in [-0.39, 0.29) is 5.91 Å². The number of carbonyl (C=O) groups is 1. The van der Waals surface area contributed by atoms with Gasteiger partial charge in [-0.25, -0.2) is 9.98 Å². The molecule has 5 aromatic rings. The Morgan fingerprint density at radius 3 is 2.71 bits per heavy atom. The second-order valence-corrected chi connectivity index (χ2v) is 7.20. The molecular weight excluding hydrogens is 386 g/mol. The van der Waals surface area contributed by atoms with Crippen molar-refractivity contribution in [2.45, 2.75) is 6.61 Å². The summed E-state index contributed by atoms with van der Waals surface area (Å²) in [6.07, 6.45) is 5.09. The zero-order chi connectivity index (χ0) is 21.0. The predicted octanol–water partition coefficient (Wildman–Crippen LogP) is 5.55. The summed E-state index contributed by atoms with van der Waals surface area (Å²) in [5.41, 5.74) is 3.26. The molecule has 0 unspecified atom stereocenters. The van der Waals surface area contributed by atoms with Crippen molar-refractivity contribution in [3.63, 3.8) is 0 Å². The van der Waals surface area contributed by atoms with Crippen LogP contribution in [0.1, 0.15) is 21.5 Å². The van der Waals surface area contributed by atoms with E-state index in [9.17, 15) is 4.79 Å². The van der Waals surface area contributed by atoms with Crippen molar-refractivity contribution in [2.75, 3.05) is 0 Å². The molecule has 1 N–H and O–H groups in total. The molecular formula is C26H19N3O2. The summed E-state index contributed by atoms with van der Waals surface area (Å²) >= 11 is 0. The first kappa shape index (κ1) is 18.8. The molecule has 150 valence electrons. The minimum Gasteiger partial charge on any atom is -0.489 e. The van der Waals surface area contributed by atoms with Gasteiger partial charge < -0.3 is 9.72 Å². The zero-order valence-electron chi connectivity index (χ0n) is 16.7. The van der Waals surface area contributed by atoms with Gasteiger partial charge in [0.2, 0.25) is 0 Å². The average molecular weight is 405 g/mol. The third-order valence-electron chi connectivity index (χ3n) is 5.11. The second kappa shape index (κ2) is 8.24. The van der Waals surface area contributed by atoms with E-state index in [0.717, 1.165) is 38.7 Å². The molecule has 0 aliphatic carbocycles. The van der Waals surface area contributed by atoms with Crippen LogP contribution >= 0.6 is 0 Å². The Morgan fingerprint density at radius 1 is 0.968 bits per heavy atom. The van der Waals surface area contributed by atoms with Crippen molar-refractivity contribution in [1.29, 1.82) is 0 Å². The molecule has 3 aromatic carbocycles. The van der Waals surface area contributed by atoms with Gasteiger partial charge in [0.05, 0.1) is 0 Å². The van der Waals surface area contributed by atoms with Gasteiger partial charge in [-0.15, -0.1) is 0 Å². The van der Waals surface area contributed by atoms with Crippen LogP contribution in [0.15, 0.2) is 96.2 Å². The van der Waals surface area contributed by atoms with Crippen LogP contribution in [0.5, 0.6) is 5.75 Å². The SMILES string of the molecule is O=C(N=Cc1c[nH]c2ncccc12)c1ccc2cc(OCc3ccccc3)ccc2c1. The highest BCUT2D eigenvalue weighted by molar-refractivity contribution is 6.07. The fourth-order valence-corrected chi connectivity index (χ4v) is 3.47. The summed E-state index contributed by atoms with van der Waals surface area (Å²) < 4.78 is 5.89. The Morgan fingerprint density at radius 2 is 1.81 bits per heavy atom. The Balaban J connectivity index is 1.32. The maximum absolute atomic E-state index is 12.6. The molecule has 0 atom stereocenters. The van der Waals surface area contributed by atoms with Crippen molar-refractivity contribution in [3.05, 3.63) is 108 Å². The van der Waals surface area contributed by atoms with Crippen LogP contribution in [-0.4, -0.2) is 22.1 Å². The quantitative estimate of drug-likeness (QED) is 0.390.